The highest BCUT2D eigenvalue weighted by atomic mass is 32.2. The maximum absolute atomic E-state index is 4.72. The van der Waals surface area contributed by atoms with Gasteiger partial charge in [-0.15, -0.1) is 11.3 Å². The van der Waals surface area contributed by atoms with Crippen LogP contribution in [-0.2, 0) is 6.42 Å². The minimum atomic E-state index is 0.532. The van der Waals surface area contributed by atoms with E-state index in [4.69, 9.17) is 4.98 Å². The minimum absolute atomic E-state index is 0.532. The first kappa shape index (κ1) is 20.3. The van der Waals surface area contributed by atoms with Crippen molar-refractivity contribution in [1.29, 1.82) is 0 Å². The molecule has 1 fully saturated rings. The van der Waals surface area contributed by atoms with Gasteiger partial charge in [0.2, 0.25) is 5.95 Å². The number of rotatable bonds is 9. The summed E-state index contributed by atoms with van der Waals surface area (Å²) in [5, 5.41) is 11.4. The third-order valence-corrected chi connectivity index (χ3v) is 6.68. The number of thiazole rings is 1. The Bertz CT molecular complexity index is 1180. The molecule has 0 bridgehead atoms. The van der Waals surface area contributed by atoms with Crippen molar-refractivity contribution in [2.24, 2.45) is 0 Å². The number of nitrogens with one attached hydrogen (secondary N) is 2. The molecule has 0 unspecified atom stereocenters. The number of hydrogen-bond donors (Lipinski definition) is 2. The zero-order valence-corrected chi connectivity index (χ0v) is 19.1. The lowest BCUT2D eigenvalue weighted by Crippen LogP contribution is -2.14. The molecule has 0 radical (unpaired) electrons. The van der Waals surface area contributed by atoms with Crippen molar-refractivity contribution in [2.75, 3.05) is 26.0 Å². The molecule has 1 aliphatic carbocycles. The van der Waals surface area contributed by atoms with Crippen LogP contribution in [0.2, 0.25) is 0 Å². The van der Waals surface area contributed by atoms with E-state index in [0.29, 0.717) is 17.0 Å². The van der Waals surface area contributed by atoms with Crippen LogP contribution in [0, 0.1) is 0 Å². The monoisotopic (exact) mass is 452 g/mol. The Balaban J connectivity index is 1.38. The first-order valence-corrected chi connectivity index (χ1v) is 12.0. The second-order valence-corrected chi connectivity index (χ2v) is 9.88. The van der Waals surface area contributed by atoms with E-state index in [0.717, 1.165) is 46.1 Å². The van der Waals surface area contributed by atoms with E-state index in [1.54, 1.807) is 23.1 Å². The molecular formula is C21H24N8S2. The molecule has 0 spiro atoms. The number of fused-ring (bicyclic) bond motifs is 1. The van der Waals surface area contributed by atoms with Crippen LogP contribution in [0.1, 0.15) is 36.7 Å². The van der Waals surface area contributed by atoms with E-state index in [2.05, 4.69) is 67.7 Å². The SMILES string of the molecule is CN(C)CCCc1nc(Nc2cc(C3CC3)[nH]n2)nc(Sc2ccc3ncsc3c2)n1. The molecular weight excluding hydrogens is 428 g/mol. The fraction of sp³-hybridized carbons (Fsp3) is 0.381. The van der Waals surface area contributed by atoms with Gasteiger partial charge in [-0.3, -0.25) is 5.10 Å². The van der Waals surface area contributed by atoms with Crippen LogP contribution in [0.5, 0.6) is 0 Å². The minimum Gasteiger partial charge on any atom is -0.309 e. The van der Waals surface area contributed by atoms with Crippen LogP contribution in [0.25, 0.3) is 10.2 Å². The van der Waals surface area contributed by atoms with E-state index in [1.807, 2.05) is 11.6 Å². The highest BCUT2D eigenvalue weighted by Crippen LogP contribution is 2.39. The normalized spacial score (nSPS) is 13.9. The lowest BCUT2D eigenvalue weighted by Gasteiger charge is -2.10. The number of hydrogen-bond acceptors (Lipinski definition) is 9. The number of aryl methyl sites for hydroxylation is 1. The molecule has 3 aromatic heterocycles. The van der Waals surface area contributed by atoms with Crippen molar-refractivity contribution in [3.8, 4) is 0 Å². The van der Waals surface area contributed by atoms with Gasteiger partial charge in [0.05, 0.1) is 15.7 Å². The average molecular weight is 453 g/mol. The number of nitrogens with zero attached hydrogens (tertiary/aromatic N) is 6. The summed E-state index contributed by atoms with van der Waals surface area (Å²) in [6.07, 6.45) is 4.24. The van der Waals surface area contributed by atoms with Crippen molar-refractivity contribution in [3.05, 3.63) is 41.3 Å². The molecule has 0 amide bonds. The fourth-order valence-electron chi connectivity index (χ4n) is 3.29. The Kier molecular flexibility index (Phi) is 5.84. The number of benzene rings is 1. The van der Waals surface area contributed by atoms with Gasteiger partial charge in [-0.25, -0.2) is 9.97 Å². The maximum Gasteiger partial charge on any atom is 0.232 e. The Morgan fingerprint density at radius 3 is 2.94 bits per heavy atom. The van der Waals surface area contributed by atoms with Gasteiger partial charge in [0.25, 0.3) is 0 Å². The summed E-state index contributed by atoms with van der Waals surface area (Å²) in [5.41, 5.74) is 4.06. The predicted molar refractivity (Wildman–Crippen MR) is 124 cm³/mol. The van der Waals surface area contributed by atoms with E-state index >= 15 is 0 Å². The molecule has 1 saturated carbocycles. The average Bonchev–Trinajstić information content (AvgIpc) is 3.30. The lowest BCUT2D eigenvalue weighted by molar-refractivity contribution is 0.398. The molecule has 8 nitrogen and oxygen atoms in total. The highest BCUT2D eigenvalue weighted by molar-refractivity contribution is 7.99. The molecule has 0 atom stereocenters. The summed E-state index contributed by atoms with van der Waals surface area (Å²) < 4.78 is 1.16. The molecule has 0 aliphatic heterocycles. The van der Waals surface area contributed by atoms with Crippen LogP contribution in [0.15, 0.2) is 39.8 Å². The van der Waals surface area contributed by atoms with Crippen molar-refractivity contribution in [2.45, 2.75) is 41.7 Å². The first-order chi connectivity index (χ1) is 15.1. The van der Waals surface area contributed by atoms with Crippen molar-refractivity contribution < 1.29 is 0 Å². The Labute approximate surface area is 188 Å². The Hall–Kier alpha value is -2.56. The number of H-pyrrole nitrogens is 1. The summed E-state index contributed by atoms with van der Waals surface area (Å²) in [4.78, 5) is 21.6. The molecule has 160 valence electrons. The number of aromatic amines is 1. The van der Waals surface area contributed by atoms with E-state index in [-0.39, 0.29) is 0 Å². The van der Waals surface area contributed by atoms with Gasteiger partial charge in [-0.2, -0.15) is 15.1 Å². The summed E-state index contributed by atoms with van der Waals surface area (Å²) in [6.45, 7) is 0.989. The first-order valence-electron chi connectivity index (χ1n) is 10.4. The molecule has 31 heavy (non-hydrogen) atoms. The molecule has 3 heterocycles. The van der Waals surface area contributed by atoms with Crippen LogP contribution >= 0.6 is 23.1 Å². The topological polar surface area (TPSA) is 95.5 Å². The predicted octanol–water partition coefficient (Wildman–Crippen LogP) is 4.47. The van der Waals surface area contributed by atoms with Crippen molar-refractivity contribution in [1.82, 2.24) is 35.0 Å². The summed E-state index contributed by atoms with van der Waals surface area (Å²) in [5.74, 6) is 2.69. The van der Waals surface area contributed by atoms with Crippen molar-refractivity contribution >= 4 is 45.1 Å². The summed E-state index contributed by atoms with van der Waals surface area (Å²) >= 11 is 3.18. The quantitative estimate of drug-likeness (QED) is 0.384. The van der Waals surface area contributed by atoms with Gasteiger partial charge >= 0.3 is 0 Å². The van der Waals surface area contributed by atoms with Gasteiger partial charge < -0.3 is 10.2 Å². The second-order valence-electron chi connectivity index (χ2n) is 7.96. The van der Waals surface area contributed by atoms with E-state index in [9.17, 15) is 0 Å². The van der Waals surface area contributed by atoms with Crippen LogP contribution in [-0.4, -0.2) is 55.7 Å². The fourth-order valence-corrected chi connectivity index (χ4v) is 4.89. The zero-order chi connectivity index (χ0) is 21.2. The lowest BCUT2D eigenvalue weighted by atomic mass is 10.3. The largest absolute Gasteiger partial charge is 0.309 e. The molecule has 1 aliphatic rings. The smallest absolute Gasteiger partial charge is 0.232 e. The molecule has 5 rings (SSSR count). The standard InChI is InChI=1S/C21H24N8S2/c1-29(2)9-3-4-18-23-20(24-19-11-16(27-28-19)13-5-6-13)26-21(25-18)31-14-7-8-15-17(10-14)30-12-22-15/h7-8,10-13H,3-6,9H2,1-2H3,(H2,23,24,25,26,27,28). The highest BCUT2D eigenvalue weighted by Gasteiger charge is 2.25. The maximum atomic E-state index is 4.72. The van der Waals surface area contributed by atoms with Crippen LogP contribution in [0.3, 0.4) is 0 Å². The van der Waals surface area contributed by atoms with Gasteiger partial charge in [0.1, 0.15) is 5.82 Å². The van der Waals surface area contributed by atoms with Gasteiger partial charge in [0, 0.05) is 29.0 Å². The summed E-state index contributed by atoms with van der Waals surface area (Å²) in [6, 6.07) is 8.29. The van der Waals surface area contributed by atoms with Crippen LogP contribution < -0.4 is 5.32 Å². The third kappa shape index (κ3) is 5.20. The molecule has 4 aromatic rings. The zero-order valence-electron chi connectivity index (χ0n) is 17.5. The van der Waals surface area contributed by atoms with Gasteiger partial charge in [-0.05, 0) is 69.9 Å². The van der Waals surface area contributed by atoms with Crippen LogP contribution in [0.4, 0.5) is 11.8 Å². The number of anilines is 2. The van der Waals surface area contributed by atoms with Gasteiger partial charge in [0.15, 0.2) is 11.0 Å². The van der Waals surface area contributed by atoms with E-state index in [1.165, 1.54) is 18.5 Å². The van der Waals surface area contributed by atoms with Crippen molar-refractivity contribution in [3.63, 3.8) is 0 Å². The van der Waals surface area contributed by atoms with E-state index < -0.39 is 0 Å². The Morgan fingerprint density at radius 2 is 2.10 bits per heavy atom. The molecule has 2 N–H and O–H groups in total. The summed E-state index contributed by atoms with van der Waals surface area (Å²) in [7, 11) is 4.15. The Morgan fingerprint density at radius 1 is 1.19 bits per heavy atom. The molecule has 1 aromatic carbocycles. The molecule has 0 saturated heterocycles. The molecule has 10 heteroatoms. The number of aromatic nitrogens is 6. The third-order valence-electron chi connectivity index (χ3n) is 5.03. The second kappa shape index (κ2) is 8.89. The van der Waals surface area contributed by atoms with Gasteiger partial charge in [-0.1, -0.05) is 0 Å².